The maximum absolute atomic E-state index is 13.5. The van der Waals surface area contributed by atoms with Gasteiger partial charge >= 0.3 is 0 Å². The van der Waals surface area contributed by atoms with Crippen molar-refractivity contribution in [2.45, 2.75) is 18.2 Å². The maximum atomic E-state index is 13.5. The normalized spacial score (nSPS) is 21.6. The Morgan fingerprint density at radius 2 is 1.85 bits per heavy atom. The van der Waals surface area contributed by atoms with Gasteiger partial charge in [0.1, 0.15) is 0 Å². The summed E-state index contributed by atoms with van der Waals surface area (Å²) < 4.78 is 0.885. The summed E-state index contributed by atoms with van der Waals surface area (Å²) in [5, 5.41) is 0. The minimum absolute atomic E-state index is 0.147. The largest absolute Gasteiger partial charge is 0.283 e. The highest BCUT2D eigenvalue weighted by Crippen LogP contribution is 2.55. The van der Waals surface area contributed by atoms with Crippen molar-refractivity contribution in [3.63, 3.8) is 0 Å². The molecule has 5 nitrogen and oxygen atoms in total. The number of carbonyl (C=O) groups is 3. The molecule has 4 rings (SSSR count). The number of amides is 3. The Bertz CT molecular complexity index is 931. The van der Waals surface area contributed by atoms with Crippen molar-refractivity contribution >= 4 is 56.8 Å². The number of halogens is 1. The van der Waals surface area contributed by atoms with E-state index in [-0.39, 0.29) is 29.9 Å². The second-order valence-corrected chi connectivity index (χ2v) is 8.13. The number of nitrogens with zero attached hydrogens (tertiary/aromatic N) is 2. The topological polar surface area (TPSA) is 57.7 Å². The molecule has 0 bridgehead atoms. The molecule has 2 heterocycles. The van der Waals surface area contributed by atoms with E-state index in [4.69, 9.17) is 0 Å². The number of thioether (sulfide) groups is 1. The van der Waals surface area contributed by atoms with Crippen molar-refractivity contribution in [3.05, 3.63) is 58.6 Å². The van der Waals surface area contributed by atoms with E-state index in [2.05, 4.69) is 15.9 Å². The Kier molecular flexibility index (Phi) is 4.16. The minimum Gasteiger partial charge on any atom is -0.283 e. The van der Waals surface area contributed by atoms with E-state index in [1.54, 1.807) is 31.2 Å². The molecular formula is C19H15BrN2O3S. The summed E-state index contributed by atoms with van der Waals surface area (Å²) in [4.78, 5) is 40.2. The lowest BCUT2D eigenvalue weighted by Crippen LogP contribution is -2.50. The molecule has 0 N–H and O–H groups in total. The lowest BCUT2D eigenvalue weighted by Gasteiger charge is -2.33. The van der Waals surface area contributed by atoms with Crippen molar-refractivity contribution < 1.29 is 14.4 Å². The molecule has 0 unspecified atom stereocenters. The van der Waals surface area contributed by atoms with Crippen LogP contribution in [0.1, 0.15) is 18.9 Å². The van der Waals surface area contributed by atoms with Gasteiger partial charge in [0.05, 0.1) is 11.4 Å². The highest BCUT2D eigenvalue weighted by molar-refractivity contribution is 9.10. The van der Waals surface area contributed by atoms with Crippen LogP contribution < -0.4 is 9.80 Å². The van der Waals surface area contributed by atoms with Crippen molar-refractivity contribution in [1.82, 2.24) is 0 Å². The Labute approximate surface area is 163 Å². The smallest absolute Gasteiger partial charge is 0.275 e. The van der Waals surface area contributed by atoms with E-state index in [0.717, 1.165) is 4.47 Å². The molecule has 0 aromatic heterocycles. The first-order chi connectivity index (χ1) is 12.5. The fourth-order valence-electron chi connectivity index (χ4n) is 3.48. The molecule has 132 valence electrons. The second-order valence-electron chi connectivity index (χ2n) is 6.04. The molecule has 7 heteroatoms. The van der Waals surface area contributed by atoms with Gasteiger partial charge in [0.15, 0.2) is 0 Å². The first-order valence-electron chi connectivity index (χ1n) is 8.20. The van der Waals surface area contributed by atoms with Crippen LogP contribution >= 0.6 is 27.7 Å². The highest BCUT2D eigenvalue weighted by Gasteiger charge is 2.61. The zero-order valence-corrected chi connectivity index (χ0v) is 16.3. The van der Waals surface area contributed by atoms with Gasteiger partial charge in [-0.1, -0.05) is 41.1 Å². The summed E-state index contributed by atoms with van der Waals surface area (Å²) in [6.45, 7) is 1.72. The van der Waals surface area contributed by atoms with Crippen LogP contribution in [0.5, 0.6) is 0 Å². The lowest BCUT2D eigenvalue weighted by molar-refractivity contribution is -0.128. The number of benzene rings is 2. The minimum atomic E-state index is -1.23. The molecule has 3 amide bonds. The number of imide groups is 1. The molecule has 1 fully saturated rings. The van der Waals surface area contributed by atoms with E-state index in [1.807, 2.05) is 24.3 Å². The summed E-state index contributed by atoms with van der Waals surface area (Å²) in [5.74, 6) is -0.602. The molecule has 1 saturated heterocycles. The summed E-state index contributed by atoms with van der Waals surface area (Å²) in [7, 11) is 0. The third kappa shape index (κ3) is 2.27. The van der Waals surface area contributed by atoms with Crippen molar-refractivity contribution in [3.8, 4) is 0 Å². The van der Waals surface area contributed by atoms with Crippen LogP contribution in [0.2, 0.25) is 0 Å². The predicted molar refractivity (Wildman–Crippen MR) is 105 cm³/mol. The monoisotopic (exact) mass is 430 g/mol. The van der Waals surface area contributed by atoms with E-state index in [1.165, 1.54) is 21.6 Å². The Morgan fingerprint density at radius 3 is 2.54 bits per heavy atom. The predicted octanol–water partition coefficient (Wildman–Crippen LogP) is 3.67. The van der Waals surface area contributed by atoms with Gasteiger partial charge in [0.25, 0.3) is 5.91 Å². The average molecular weight is 431 g/mol. The Morgan fingerprint density at radius 1 is 1.15 bits per heavy atom. The van der Waals surface area contributed by atoms with Crippen LogP contribution in [0.25, 0.3) is 0 Å². The molecule has 1 atom stereocenters. The van der Waals surface area contributed by atoms with Gasteiger partial charge in [-0.25, -0.2) is 4.90 Å². The molecule has 0 radical (unpaired) electrons. The molecule has 2 aliphatic heterocycles. The zero-order valence-electron chi connectivity index (χ0n) is 13.9. The number of carbonyl (C=O) groups excluding carboxylic acids is 3. The Hall–Kier alpha value is -2.12. The average Bonchev–Trinajstić information content (AvgIpc) is 3.12. The van der Waals surface area contributed by atoms with Crippen molar-refractivity contribution in [2.24, 2.45) is 0 Å². The first-order valence-corrected chi connectivity index (χ1v) is 9.98. The highest BCUT2D eigenvalue weighted by atomic mass is 79.9. The molecule has 1 spiro atoms. The van der Waals surface area contributed by atoms with Crippen LogP contribution in [-0.4, -0.2) is 23.5 Å². The molecule has 0 aliphatic carbocycles. The zero-order chi connectivity index (χ0) is 18.5. The fourth-order valence-corrected chi connectivity index (χ4v) is 5.08. The maximum Gasteiger partial charge on any atom is 0.275 e. The molecular weight excluding hydrogens is 416 g/mol. The van der Waals surface area contributed by atoms with E-state index in [9.17, 15) is 14.4 Å². The first kappa shape index (κ1) is 17.3. The van der Waals surface area contributed by atoms with Gasteiger partial charge < -0.3 is 0 Å². The standard InChI is InChI=1S/C19H15BrN2O3S/c1-2-16(23)21-15-6-4-3-5-14(15)19(18(21)25)22(17(24)11-26-19)13-9-7-12(20)8-10-13/h3-10H,2,11H2,1H3/t19-/m1/s1. The summed E-state index contributed by atoms with van der Waals surface area (Å²) in [6, 6.07) is 14.5. The Balaban J connectivity index is 1.94. The quantitative estimate of drug-likeness (QED) is 0.729. The summed E-state index contributed by atoms with van der Waals surface area (Å²) >= 11 is 4.66. The van der Waals surface area contributed by atoms with Gasteiger partial charge in [-0.3, -0.25) is 19.3 Å². The number of anilines is 2. The number of hydrogen-bond donors (Lipinski definition) is 0. The van der Waals surface area contributed by atoms with Gasteiger partial charge in [-0.05, 0) is 30.3 Å². The SMILES string of the molecule is CCC(=O)N1C(=O)[C@]2(SCC(=O)N2c2ccc(Br)cc2)c2ccccc21. The third-order valence-electron chi connectivity index (χ3n) is 4.61. The fraction of sp³-hybridized carbons (Fsp3) is 0.211. The summed E-state index contributed by atoms with van der Waals surface area (Å²) in [6.07, 6.45) is 0.215. The van der Waals surface area contributed by atoms with Crippen LogP contribution in [0, 0.1) is 0 Å². The van der Waals surface area contributed by atoms with E-state index >= 15 is 0 Å². The number of rotatable bonds is 2. The molecule has 26 heavy (non-hydrogen) atoms. The van der Waals surface area contributed by atoms with E-state index in [0.29, 0.717) is 16.9 Å². The van der Waals surface area contributed by atoms with Gasteiger partial charge in [-0.15, -0.1) is 11.8 Å². The molecule has 2 aromatic carbocycles. The molecule has 2 aromatic rings. The third-order valence-corrected chi connectivity index (χ3v) is 6.52. The van der Waals surface area contributed by atoms with Gasteiger partial charge in [0.2, 0.25) is 16.7 Å². The van der Waals surface area contributed by atoms with Crippen LogP contribution in [0.15, 0.2) is 53.0 Å². The van der Waals surface area contributed by atoms with Crippen molar-refractivity contribution in [1.29, 1.82) is 0 Å². The number of hydrogen-bond acceptors (Lipinski definition) is 4. The molecule has 2 aliphatic rings. The summed E-state index contributed by atoms with van der Waals surface area (Å²) in [5.41, 5.74) is 1.89. The van der Waals surface area contributed by atoms with Crippen LogP contribution in [0.3, 0.4) is 0 Å². The lowest BCUT2D eigenvalue weighted by atomic mass is 10.0. The van der Waals surface area contributed by atoms with E-state index < -0.39 is 4.87 Å². The van der Waals surface area contributed by atoms with Crippen LogP contribution in [0.4, 0.5) is 11.4 Å². The molecule has 0 saturated carbocycles. The van der Waals surface area contributed by atoms with Crippen molar-refractivity contribution in [2.75, 3.05) is 15.6 Å². The van der Waals surface area contributed by atoms with Crippen LogP contribution in [-0.2, 0) is 19.3 Å². The number of para-hydroxylation sites is 1. The van der Waals surface area contributed by atoms with Gasteiger partial charge in [0, 0.05) is 22.1 Å². The second kappa shape index (κ2) is 6.25. The van der Waals surface area contributed by atoms with Gasteiger partial charge in [-0.2, -0.15) is 0 Å². The number of fused-ring (bicyclic) bond motifs is 2.